The first-order valence-electron chi connectivity index (χ1n) is 7.00. The van der Waals surface area contributed by atoms with Crippen molar-refractivity contribution in [3.8, 4) is 5.75 Å². The third kappa shape index (κ3) is 2.99. The Morgan fingerprint density at radius 3 is 2.30 bits per heavy atom. The van der Waals surface area contributed by atoms with E-state index >= 15 is 0 Å². The van der Waals surface area contributed by atoms with Crippen LogP contribution in [-0.2, 0) is 19.3 Å². The highest BCUT2D eigenvalue weighted by Crippen LogP contribution is 2.40. The Morgan fingerprint density at radius 1 is 1.20 bits per heavy atom. The second-order valence-electron chi connectivity index (χ2n) is 5.25. The fourth-order valence-electron chi connectivity index (χ4n) is 2.65. The van der Waals surface area contributed by atoms with Gasteiger partial charge in [0.1, 0.15) is 10.5 Å². The Bertz CT molecular complexity index is 527. The minimum absolute atomic E-state index is 0.487. The molecule has 0 atom stereocenters. The zero-order valence-corrected chi connectivity index (χ0v) is 12.9. The molecular formula is C15H22O4S. The second-order valence-corrected chi connectivity index (χ2v) is 7.58. The molecule has 0 saturated carbocycles. The lowest BCUT2D eigenvalue weighted by Gasteiger charge is -2.35. The summed E-state index contributed by atoms with van der Waals surface area (Å²) in [6.07, 6.45) is 3.30. The van der Waals surface area contributed by atoms with E-state index in [4.69, 9.17) is 9.47 Å². The molecule has 0 amide bonds. The molecule has 2 rings (SSSR count). The average Bonchev–Trinajstić information content (AvgIpc) is 2.45. The Hall–Kier alpha value is -1.07. The smallest absolute Gasteiger partial charge is 0.157 e. The van der Waals surface area contributed by atoms with Crippen molar-refractivity contribution in [1.82, 2.24) is 0 Å². The maximum atomic E-state index is 12.3. The predicted octanol–water partition coefficient (Wildman–Crippen LogP) is 2.53. The molecule has 0 spiro atoms. The molecule has 1 heterocycles. The minimum atomic E-state index is -3.19. The lowest BCUT2D eigenvalue weighted by atomic mass is 9.90. The molecule has 0 unspecified atom stereocenters. The molecule has 0 radical (unpaired) electrons. The summed E-state index contributed by atoms with van der Waals surface area (Å²) in [4.78, 5) is 0. The molecule has 1 fully saturated rings. The lowest BCUT2D eigenvalue weighted by molar-refractivity contribution is 0.0742. The summed E-state index contributed by atoms with van der Waals surface area (Å²) in [7, 11) is -3.19. The van der Waals surface area contributed by atoms with Gasteiger partial charge in [-0.1, -0.05) is 19.1 Å². The van der Waals surface area contributed by atoms with E-state index in [1.165, 1.54) is 6.26 Å². The summed E-state index contributed by atoms with van der Waals surface area (Å²) in [6, 6.07) is 7.45. The zero-order valence-electron chi connectivity index (χ0n) is 12.1. The van der Waals surface area contributed by atoms with Crippen molar-refractivity contribution in [2.45, 2.75) is 30.9 Å². The van der Waals surface area contributed by atoms with Crippen LogP contribution in [0.25, 0.3) is 0 Å². The highest BCUT2D eigenvalue weighted by molar-refractivity contribution is 7.91. The number of hydrogen-bond acceptors (Lipinski definition) is 4. The molecule has 0 N–H and O–H groups in total. The van der Waals surface area contributed by atoms with E-state index < -0.39 is 14.6 Å². The van der Waals surface area contributed by atoms with Crippen molar-refractivity contribution >= 4 is 9.84 Å². The maximum Gasteiger partial charge on any atom is 0.157 e. The Balaban J connectivity index is 2.30. The van der Waals surface area contributed by atoms with E-state index in [0.29, 0.717) is 32.7 Å². The molecule has 0 aromatic heterocycles. The SMILES string of the molecule is CCCOc1ccc(C2(S(C)(=O)=O)CCOCC2)cc1. The summed E-state index contributed by atoms with van der Waals surface area (Å²) < 4.78 is 34.6. The number of rotatable bonds is 5. The van der Waals surface area contributed by atoms with Crippen LogP contribution in [0.15, 0.2) is 24.3 Å². The van der Waals surface area contributed by atoms with Gasteiger partial charge >= 0.3 is 0 Å². The molecule has 112 valence electrons. The van der Waals surface area contributed by atoms with Crippen molar-refractivity contribution in [3.63, 3.8) is 0 Å². The molecule has 0 aliphatic carbocycles. The monoisotopic (exact) mass is 298 g/mol. The van der Waals surface area contributed by atoms with Crippen molar-refractivity contribution in [2.24, 2.45) is 0 Å². The van der Waals surface area contributed by atoms with Crippen LogP contribution in [0.2, 0.25) is 0 Å². The fraction of sp³-hybridized carbons (Fsp3) is 0.600. The fourth-order valence-corrected chi connectivity index (χ4v) is 4.12. The molecule has 1 saturated heterocycles. The quantitative estimate of drug-likeness (QED) is 0.838. The standard InChI is InChI=1S/C15H22O4S/c1-3-10-19-14-6-4-13(5-7-14)15(20(2,16)17)8-11-18-12-9-15/h4-7H,3,8-12H2,1-2H3. The van der Waals surface area contributed by atoms with Gasteiger partial charge in [-0.05, 0) is 37.0 Å². The summed E-state index contributed by atoms with van der Waals surface area (Å²) in [5.74, 6) is 0.784. The van der Waals surface area contributed by atoms with Gasteiger partial charge in [-0.15, -0.1) is 0 Å². The molecule has 0 bridgehead atoms. The second kappa shape index (κ2) is 6.14. The van der Waals surface area contributed by atoms with Crippen molar-refractivity contribution in [3.05, 3.63) is 29.8 Å². The van der Waals surface area contributed by atoms with Crippen LogP contribution >= 0.6 is 0 Å². The van der Waals surface area contributed by atoms with E-state index in [0.717, 1.165) is 17.7 Å². The van der Waals surface area contributed by atoms with Crippen molar-refractivity contribution in [1.29, 1.82) is 0 Å². The number of ether oxygens (including phenoxy) is 2. The summed E-state index contributed by atoms with van der Waals surface area (Å²) in [6.45, 7) is 3.70. The maximum absolute atomic E-state index is 12.3. The van der Waals surface area contributed by atoms with Gasteiger partial charge in [-0.25, -0.2) is 8.42 Å². The van der Waals surface area contributed by atoms with Gasteiger partial charge in [0.25, 0.3) is 0 Å². The predicted molar refractivity (Wildman–Crippen MR) is 78.8 cm³/mol. The number of hydrogen-bond donors (Lipinski definition) is 0. The van der Waals surface area contributed by atoms with E-state index in [-0.39, 0.29) is 0 Å². The Labute approximate surface area is 121 Å². The van der Waals surface area contributed by atoms with Crippen LogP contribution < -0.4 is 4.74 Å². The molecule has 1 aromatic carbocycles. The van der Waals surface area contributed by atoms with Gasteiger partial charge in [-0.3, -0.25) is 0 Å². The van der Waals surface area contributed by atoms with Gasteiger partial charge in [0.15, 0.2) is 9.84 Å². The van der Waals surface area contributed by atoms with Gasteiger partial charge in [0.05, 0.1) is 6.61 Å². The number of sulfone groups is 1. The van der Waals surface area contributed by atoms with E-state index in [1.807, 2.05) is 24.3 Å². The van der Waals surface area contributed by atoms with Gasteiger partial charge in [-0.2, -0.15) is 0 Å². The summed E-state index contributed by atoms with van der Waals surface area (Å²) >= 11 is 0. The van der Waals surface area contributed by atoms with E-state index in [1.54, 1.807) is 0 Å². The first-order chi connectivity index (χ1) is 9.49. The van der Waals surface area contributed by atoms with E-state index in [9.17, 15) is 8.42 Å². The third-order valence-electron chi connectivity index (χ3n) is 3.86. The molecular weight excluding hydrogens is 276 g/mol. The largest absolute Gasteiger partial charge is 0.494 e. The molecule has 1 aliphatic heterocycles. The molecule has 1 aromatic rings. The topological polar surface area (TPSA) is 52.6 Å². The summed E-state index contributed by atoms with van der Waals surface area (Å²) in [5.41, 5.74) is 0.840. The van der Waals surface area contributed by atoms with Crippen molar-refractivity contribution < 1.29 is 17.9 Å². The van der Waals surface area contributed by atoms with Crippen LogP contribution in [0.1, 0.15) is 31.7 Å². The normalized spacial score (nSPS) is 18.7. The van der Waals surface area contributed by atoms with Crippen LogP contribution in [0.3, 0.4) is 0 Å². The Morgan fingerprint density at radius 2 is 1.80 bits per heavy atom. The van der Waals surface area contributed by atoms with E-state index in [2.05, 4.69) is 6.92 Å². The Kier molecular flexibility index (Phi) is 4.70. The minimum Gasteiger partial charge on any atom is -0.494 e. The highest BCUT2D eigenvalue weighted by Gasteiger charge is 2.43. The van der Waals surface area contributed by atoms with Crippen LogP contribution in [-0.4, -0.2) is 34.5 Å². The highest BCUT2D eigenvalue weighted by atomic mass is 32.2. The van der Waals surface area contributed by atoms with Gasteiger partial charge in [0, 0.05) is 19.5 Å². The van der Waals surface area contributed by atoms with Crippen LogP contribution in [0.4, 0.5) is 0 Å². The number of benzene rings is 1. The first-order valence-corrected chi connectivity index (χ1v) is 8.89. The van der Waals surface area contributed by atoms with Gasteiger partial charge < -0.3 is 9.47 Å². The summed E-state index contributed by atoms with van der Waals surface area (Å²) in [5, 5.41) is 0. The molecule has 4 nitrogen and oxygen atoms in total. The zero-order chi connectivity index (χ0) is 14.6. The van der Waals surface area contributed by atoms with Gasteiger partial charge in [0.2, 0.25) is 0 Å². The molecule has 20 heavy (non-hydrogen) atoms. The van der Waals surface area contributed by atoms with Crippen LogP contribution in [0, 0.1) is 0 Å². The first kappa shape index (κ1) is 15.3. The third-order valence-corrected chi connectivity index (χ3v) is 5.93. The molecule has 1 aliphatic rings. The van der Waals surface area contributed by atoms with Crippen LogP contribution in [0.5, 0.6) is 5.75 Å². The lowest BCUT2D eigenvalue weighted by Crippen LogP contribution is -2.40. The molecule has 5 heteroatoms. The van der Waals surface area contributed by atoms with Crippen molar-refractivity contribution in [2.75, 3.05) is 26.1 Å². The average molecular weight is 298 g/mol.